The molecule has 0 amide bonds. The molecule has 0 aromatic carbocycles. The van der Waals surface area contributed by atoms with Gasteiger partial charge in [-0.05, 0) is 36.8 Å². The number of rotatable bonds is 3. The van der Waals surface area contributed by atoms with Crippen LogP contribution in [0.5, 0.6) is 0 Å². The Morgan fingerprint density at radius 3 is 2.61 bits per heavy atom. The number of aliphatic hydroxyl groups is 2. The van der Waals surface area contributed by atoms with Crippen molar-refractivity contribution in [1.29, 1.82) is 0 Å². The van der Waals surface area contributed by atoms with E-state index in [1.165, 1.54) is 20.1 Å². The van der Waals surface area contributed by atoms with Crippen molar-refractivity contribution >= 4 is 11.9 Å². The first kappa shape index (κ1) is 22.0. The van der Waals surface area contributed by atoms with Crippen molar-refractivity contribution < 1.29 is 38.4 Å². The smallest absolute Gasteiger partial charge is 0.334 e. The van der Waals surface area contributed by atoms with E-state index in [-0.39, 0.29) is 5.92 Å². The van der Waals surface area contributed by atoms with Gasteiger partial charge in [0.25, 0.3) is 0 Å². The van der Waals surface area contributed by atoms with Gasteiger partial charge in [-0.15, -0.1) is 0 Å². The third-order valence-electron chi connectivity index (χ3n) is 7.74. The molecular formula is C23H30O8. The van der Waals surface area contributed by atoms with Crippen LogP contribution < -0.4 is 0 Å². The average molecular weight is 434 g/mol. The lowest BCUT2D eigenvalue weighted by molar-refractivity contribution is -0.281. The number of carbonyl (C=O) groups excluding carboxylic acids is 2. The van der Waals surface area contributed by atoms with E-state index in [1.54, 1.807) is 18.6 Å². The maximum absolute atomic E-state index is 12.7. The lowest BCUT2D eigenvalue weighted by Gasteiger charge is -2.62. The monoisotopic (exact) mass is 434 g/mol. The van der Waals surface area contributed by atoms with Crippen molar-refractivity contribution in [2.45, 2.75) is 64.6 Å². The van der Waals surface area contributed by atoms with Crippen LogP contribution in [0.3, 0.4) is 0 Å². The summed E-state index contributed by atoms with van der Waals surface area (Å²) in [4.78, 5) is 24.5. The quantitative estimate of drug-likeness (QED) is 0.698. The highest BCUT2D eigenvalue weighted by molar-refractivity contribution is 5.90. The number of esters is 2. The van der Waals surface area contributed by atoms with Crippen LogP contribution in [0.15, 0.2) is 34.7 Å². The predicted octanol–water partition coefficient (Wildman–Crippen LogP) is 2.50. The summed E-state index contributed by atoms with van der Waals surface area (Å²) < 4.78 is 21.6. The predicted molar refractivity (Wildman–Crippen MR) is 107 cm³/mol. The first-order chi connectivity index (χ1) is 14.6. The van der Waals surface area contributed by atoms with Gasteiger partial charge in [0.1, 0.15) is 6.10 Å². The summed E-state index contributed by atoms with van der Waals surface area (Å²) in [6.45, 7) is 5.24. The molecule has 1 unspecified atom stereocenters. The molecule has 1 aromatic rings. The first-order valence-corrected chi connectivity index (χ1v) is 10.6. The summed E-state index contributed by atoms with van der Waals surface area (Å²) in [5.74, 6) is -1.78. The molecule has 8 heteroatoms. The van der Waals surface area contributed by atoms with Gasteiger partial charge in [0.2, 0.25) is 0 Å². The molecule has 1 saturated heterocycles. The third kappa shape index (κ3) is 3.41. The van der Waals surface area contributed by atoms with Crippen LogP contribution in [0.1, 0.15) is 51.7 Å². The van der Waals surface area contributed by atoms with Gasteiger partial charge in [-0.25, -0.2) is 4.79 Å². The van der Waals surface area contributed by atoms with Crippen molar-refractivity contribution in [3.63, 3.8) is 0 Å². The molecule has 1 aliphatic heterocycles. The maximum atomic E-state index is 12.7. The van der Waals surface area contributed by atoms with Crippen molar-refractivity contribution in [2.75, 3.05) is 7.11 Å². The van der Waals surface area contributed by atoms with E-state index < -0.39 is 53.3 Å². The zero-order chi connectivity index (χ0) is 22.6. The summed E-state index contributed by atoms with van der Waals surface area (Å²) in [5.41, 5.74) is -0.127. The molecule has 31 heavy (non-hydrogen) atoms. The summed E-state index contributed by atoms with van der Waals surface area (Å²) in [6.07, 6.45) is 2.85. The molecule has 0 radical (unpaired) electrons. The van der Waals surface area contributed by atoms with E-state index in [1.807, 2.05) is 13.8 Å². The molecule has 0 spiro atoms. The molecule has 1 saturated carbocycles. The van der Waals surface area contributed by atoms with E-state index in [0.717, 1.165) is 5.56 Å². The average Bonchev–Trinajstić information content (AvgIpc) is 3.23. The highest BCUT2D eigenvalue weighted by Gasteiger charge is 2.65. The summed E-state index contributed by atoms with van der Waals surface area (Å²) in [7, 11) is 1.31. The van der Waals surface area contributed by atoms with Gasteiger partial charge in [0, 0.05) is 35.3 Å². The van der Waals surface area contributed by atoms with Crippen LogP contribution in [0.4, 0.5) is 0 Å². The van der Waals surface area contributed by atoms with Gasteiger partial charge in [-0.2, -0.15) is 0 Å². The van der Waals surface area contributed by atoms with Crippen LogP contribution in [0.25, 0.3) is 0 Å². The van der Waals surface area contributed by atoms with Crippen LogP contribution in [-0.2, 0) is 23.8 Å². The van der Waals surface area contributed by atoms with Gasteiger partial charge in [0.05, 0.1) is 31.8 Å². The number of fused-ring (bicyclic) bond motifs is 3. The summed E-state index contributed by atoms with van der Waals surface area (Å²) in [5, 5.41) is 22.3. The molecule has 4 rings (SSSR count). The van der Waals surface area contributed by atoms with Crippen molar-refractivity contribution in [2.24, 2.45) is 22.7 Å². The molecule has 8 nitrogen and oxygen atoms in total. The summed E-state index contributed by atoms with van der Waals surface area (Å²) in [6, 6.07) is 1.79. The topological polar surface area (TPSA) is 115 Å². The molecule has 2 aliphatic carbocycles. The minimum absolute atomic E-state index is 0.252. The lowest BCUT2D eigenvalue weighted by Crippen LogP contribution is -2.63. The molecule has 2 N–H and O–H groups in total. The van der Waals surface area contributed by atoms with E-state index in [9.17, 15) is 19.8 Å². The van der Waals surface area contributed by atoms with E-state index in [4.69, 9.17) is 18.6 Å². The minimum atomic E-state index is -1.05. The Labute approximate surface area is 181 Å². The van der Waals surface area contributed by atoms with Crippen LogP contribution >= 0.6 is 0 Å². The molecule has 2 fully saturated rings. The fraction of sp³-hybridized carbons (Fsp3) is 0.652. The summed E-state index contributed by atoms with van der Waals surface area (Å²) >= 11 is 0. The van der Waals surface area contributed by atoms with Gasteiger partial charge in [0.15, 0.2) is 6.29 Å². The fourth-order valence-corrected chi connectivity index (χ4v) is 6.43. The van der Waals surface area contributed by atoms with Gasteiger partial charge in [-0.1, -0.05) is 13.8 Å². The number of furan rings is 1. The van der Waals surface area contributed by atoms with E-state index in [2.05, 4.69) is 0 Å². The van der Waals surface area contributed by atoms with Crippen molar-refractivity contribution in [1.82, 2.24) is 0 Å². The Balaban J connectivity index is 1.81. The first-order valence-electron chi connectivity index (χ1n) is 10.6. The van der Waals surface area contributed by atoms with E-state index in [0.29, 0.717) is 24.8 Å². The van der Waals surface area contributed by atoms with Crippen molar-refractivity contribution in [3.8, 4) is 0 Å². The zero-order valence-electron chi connectivity index (χ0n) is 18.2. The lowest BCUT2D eigenvalue weighted by atomic mass is 9.44. The van der Waals surface area contributed by atoms with Gasteiger partial charge in [-0.3, -0.25) is 4.79 Å². The molecular weight excluding hydrogens is 404 g/mol. The highest BCUT2D eigenvalue weighted by atomic mass is 16.6. The number of aliphatic hydroxyl groups excluding tert-OH is 2. The van der Waals surface area contributed by atoms with Crippen LogP contribution in [0, 0.1) is 22.7 Å². The Morgan fingerprint density at radius 1 is 1.26 bits per heavy atom. The fourth-order valence-electron chi connectivity index (χ4n) is 6.43. The number of hydrogen-bond donors (Lipinski definition) is 2. The molecule has 3 aliphatic rings. The number of ether oxygens (including phenoxy) is 3. The molecule has 8 atom stereocenters. The van der Waals surface area contributed by atoms with Gasteiger partial charge >= 0.3 is 11.9 Å². The van der Waals surface area contributed by atoms with Crippen molar-refractivity contribution in [3.05, 3.63) is 35.8 Å². The van der Waals surface area contributed by atoms with E-state index >= 15 is 0 Å². The Bertz CT molecular complexity index is 876. The second-order valence-corrected chi connectivity index (χ2v) is 9.46. The Hall–Kier alpha value is -2.16. The maximum Gasteiger partial charge on any atom is 0.334 e. The number of methoxy groups -OCH3 is 1. The molecule has 0 bridgehead atoms. The Kier molecular flexibility index (Phi) is 5.52. The normalized spacial score (nSPS) is 42.1. The number of carbonyl (C=O) groups is 2. The Morgan fingerprint density at radius 2 is 2.00 bits per heavy atom. The SMILES string of the molecule is COC(=O)C1=C[C@H](OC(C)=O)[C@H](O)[C@@H]2[C@@]3(C)C[C@@H](c4ccoc4)OC(O)[C@@H]3CC[C@@]12C. The zero-order valence-corrected chi connectivity index (χ0v) is 18.2. The number of hydrogen-bond acceptors (Lipinski definition) is 8. The van der Waals surface area contributed by atoms with Gasteiger partial charge < -0.3 is 28.8 Å². The van der Waals surface area contributed by atoms with Crippen LogP contribution in [-0.4, -0.2) is 47.8 Å². The minimum Gasteiger partial charge on any atom is -0.472 e. The largest absolute Gasteiger partial charge is 0.472 e. The second-order valence-electron chi connectivity index (χ2n) is 9.46. The third-order valence-corrected chi connectivity index (χ3v) is 7.74. The molecule has 170 valence electrons. The second kappa shape index (κ2) is 7.76. The molecule has 1 aromatic heterocycles. The standard InChI is InChI=1S/C23H30O8/c1-12(24)30-16-9-15(20(26)28-4)22(2)7-5-14-21(27)31-17(13-6-8-29-11-13)10-23(14,3)19(22)18(16)25/h6,8-9,11,14,16-19,21,25,27H,5,7,10H2,1-4H3/t14-,16-,17-,18-,19-,21?,22-,23-/m0/s1. The molecule has 2 heterocycles. The van der Waals surface area contributed by atoms with Crippen LogP contribution in [0.2, 0.25) is 0 Å². The highest BCUT2D eigenvalue weighted by Crippen LogP contribution is 2.65.